The second kappa shape index (κ2) is 18.5. The number of likely N-dealkylation sites (N-methyl/N-ethyl adjacent to an activating group) is 1. The van der Waals surface area contributed by atoms with E-state index < -0.39 is 57.4 Å². The summed E-state index contributed by atoms with van der Waals surface area (Å²) in [6.45, 7) is 7.25. The number of halogens is 6. The van der Waals surface area contributed by atoms with Crippen molar-refractivity contribution in [2.75, 3.05) is 63.9 Å². The number of methoxy groups -OCH3 is 2. The molecular formula is C47H52ClF5N8O5. The van der Waals surface area contributed by atoms with Crippen LogP contribution in [0, 0.1) is 5.82 Å². The van der Waals surface area contributed by atoms with Gasteiger partial charge in [-0.3, -0.25) is 9.88 Å². The second-order valence-corrected chi connectivity index (χ2v) is 18.5. The minimum Gasteiger partial charge on any atom is -0.497 e. The number of hydrogen-bond donors (Lipinski definition) is 0. The zero-order valence-electron chi connectivity index (χ0n) is 37.6. The third-order valence-corrected chi connectivity index (χ3v) is 12.7. The van der Waals surface area contributed by atoms with Crippen molar-refractivity contribution in [2.24, 2.45) is 0 Å². The Labute approximate surface area is 384 Å². The molecule has 0 radical (unpaired) electrons. The summed E-state index contributed by atoms with van der Waals surface area (Å²) >= 11 is 6.50. The SMILES string of the molecule is COc1ccc(CN(Cc2ccc(OC)cc2)c2cc(-c3ncc4c(N(C)[C@@H]5CCN(C(=O)OC(C)(C)C)C5)nc(OC[C@@]56CCCN5C[C@H](F)C6)nc4c3F)c(C(F)(F)F)c(Cl)n2)cc1. The maximum atomic E-state index is 17.5. The first kappa shape index (κ1) is 46.8. The van der Waals surface area contributed by atoms with Gasteiger partial charge in [0.1, 0.15) is 63.4 Å². The van der Waals surface area contributed by atoms with Crippen LogP contribution < -0.4 is 24.0 Å². The summed E-state index contributed by atoms with van der Waals surface area (Å²) in [6.07, 6.45) is -3.12. The van der Waals surface area contributed by atoms with E-state index in [0.29, 0.717) is 37.4 Å². The minimum absolute atomic E-state index is 0.0112. The number of carbonyl (C=O) groups excluding carboxylic acids is 1. The predicted molar refractivity (Wildman–Crippen MR) is 240 cm³/mol. The Morgan fingerprint density at radius 1 is 0.939 bits per heavy atom. The maximum absolute atomic E-state index is 17.5. The van der Waals surface area contributed by atoms with E-state index in [1.807, 2.05) is 29.2 Å². The number of fused-ring (bicyclic) bond motifs is 2. The van der Waals surface area contributed by atoms with Crippen molar-refractivity contribution in [3.8, 4) is 28.8 Å². The molecule has 66 heavy (non-hydrogen) atoms. The first-order chi connectivity index (χ1) is 31.3. The van der Waals surface area contributed by atoms with Gasteiger partial charge in [-0.05, 0) is 88.0 Å². The molecule has 3 aromatic heterocycles. The van der Waals surface area contributed by atoms with Crippen LogP contribution in [0.2, 0.25) is 5.15 Å². The summed E-state index contributed by atoms with van der Waals surface area (Å²) in [5, 5.41) is -0.821. The largest absolute Gasteiger partial charge is 0.497 e. The van der Waals surface area contributed by atoms with Crippen LogP contribution in [0.5, 0.6) is 17.5 Å². The molecule has 0 unspecified atom stereocenters. The molecule has 0 spiro atoms. The lowest BCUT2D eigenvalue weighted by molar-refractivity contribution is -0.137. The number of aromatic nitrogens is 4. The Kier molecular flexibility index (Phi) is 13.1. The highest BCUT2D eigenvalue weighted by Crippen LogP contribution is 2.45. The molecule has 3 aliphatic rings. The predicted octanol–water partition coefficient (Wildman–Crippen LogP) is 9.52. The van der Waals surface area contributed by atoms with Crippen molar-refractivity contribution in [3.63, 3.8) is 0 Å². The fourth-order valence-electron chi connectivity index (χ4n) is 9.15. The number of benzene rings is 2. The van der Waals surface area contributed by atoms with Crippen LogP contribution >= 0.6 is 11.6 Å². The molecule has 0 aliphatic carbocycles. The fourth-order valence-corrected chi connectivity index (χ4v) is 9.45. The number of anilines is 2. The molecule has 3 atom stereocenters. The van der Waals surface area contributed by atoms with Crippen LogP contribution in [0.15, 0.2) is 60.8 Å². The van der Waals surface area contributed by atoms with Crippen molar-refractivity contribution < 1.29 is 45.7 Å². The normalized spacial score (nSPS) is 19.8. The van der Waals surface area contributed by atoms with Crippen LogP contribution in [0.4, 0.5) is 38.4 Å². The molecule has 0 bridgehead atoms. The van der Waals surface area contributed by atoms with Gasteiger partial charge in [0.05, 0.1) is 25.1 Å². The van der Waals surface area contributed by atoms with E-state index in [0.717, 1.165) is 23.6 Å². The number of amides is 1. The van der Waals surface area contributed by atoms with Gasteiger partial charge in [-0.1, -0.05) is 35.9 Å². The average molecular weight is 939 g/mol. The highest BCUT2D eigenvalue weighted by molar-refractivity contribution is 6.30. The lowest BCUT2D eigenvalue weighted by atomic mass is 9.95. The molecule has 3 fully saturated rings. The number of nitrogens with zero attached hydrogens (tertiary/aromatic N) is 8. The van der Waals surface area contributed by atoms with Crippen molar-refractivity contribution in [3.05, 3.63) is 88.5 Å². The van der Waals surface area contributed by atoms with E-state index >= 15 is 17.6 Å². The van der Waals surface area contributed by atoms with Crippen molar-refractivity contribution in [1.29, 1.82) is 0 Å². The number of hydrogen-bond acceptors (Lipinski definition) is 12. The van der Waals surface area contributed by atoms with Crippen LogP contribution in [0.25, 0.3) is 22.2 Å². The third-order valence-electron chi connectivity index (χ3n) is 12.5. The van der Waals surface area contributed by atoms with E-state index in [1.165, 1.54) is 20.4 Å². The van der Waals surface area contributed by atoms with Gasteiger partial charge >= 0.3 is 18.3 Å². The monoisotopic (exact) mass is 938 g/mol. The van der Waals surface area contributed by atoms with Gasteiger partial charge in [-0.15, -0.1) is 0 Å². The van der Waals surface area contributed by atoms with Crippen LogP contribution in [0.1, 0.15) is 63.1 Å². The number of carbonyl (C=O) groups is 1. The number of likely N-dealkylation sites (tertiary alicyclic amines) is 1. The lowest BCUT2D eigenvalue weighted by Gasteiger charge is -2.31. The van der Waals surface area contributed by atoms with E-state index in [1.54, 1.807) is 66.8 Å². The van der Waals surface area contributed by atoms with Gasteiger partial charge in [0.2, 0.25) is 0 Å². The lowest BCUT2D eigenvalue weighted by Crippen LogP contribution is -2.43. The fraction of sp³-hybridized carbons (Fsp3) is 0.468. The first-order valence-electron chi connectivity index (χ1n) is 21.7. The highest BCUT2D eigenvalue weighted by atomic mass is 35.5. The summed E-state index contributed by atoms with van der Waals surface area (Å²) in [5.41, 5.74) is -2.87. The van der Waals surface area contributed by atoms with Gasteiger partial charge < -0.3 is 33.6 Å². The average Bonchev–Trinajstić information content (AvgIpc) is 4.00. The molecule has 1 amide bonds. The maximum Gasteiger partial charge on any atom is 0.420 e. The number of rotatable bonds is 13. The van der Waals surface area contributed by atoms with Gasteiger partial charge in [-0.25, -0.2) is 18.6 Å². The standard InChI is InChI=1S/C47H52ClF5N8O5/c1-45(2,3)66-44(62)59-19-16-31(26-59)58(4)42-35-22-54-39(38(50)40(35)56-43(57-42)65-27-46-17-7-18-61(46)25-30(49)21-46)34-20-36(55-41(48)37(34)47(51,52)53)60(23-28-8-12-32(63-5)13-9-28)24-29-10-14-33(64-6)15-11-29/h8-15,20,22,30-31H,7,16-19,21,23-27H2,1-6H3/t30-,31-,46+/m1/s1. The first-order valence-corrected chi connectivity index (χ1v) is 22.1. The van der Waals surface area contributed by atoms with E-state index in [2.05, 4.69) is 15.0 Å². The number of alkyl halides is 4. The molecule has 19 heteroatoms. The molecule has 5 aromatic rings. The molecule has 6 heterocycles. The van der Waals surface area contributed by atoms with Crippen molar-refractivity contribution in [2.45, 2.75) is 89.1 Å². The van der Waals surface area contributed by atoms with Crippen molar-refractivity contribution >= 4 is 40.2 Å². The van der Waals surface area contributed by atoms with Crippen LogP contribution in [-0.2, 0) is 24.0 Å². The Morgan fingerprint density at radius 3 is 2.20 bits per heavy atom. The summed E-state index contributed by atoms with van der Waals surface area (Å²) in [4.78, 5) is 38.0. The number of pyridine rings is 2. The third kappa shape index (κ3) is 9.85. The molecule has 2 aromatic carbocycles. The van der Waals surface area contributed by atoms with Gasteiger partial charge in [-0.2, -0.15) is 23.1 Å². The zero-order valence-corrected chi connectivity index (χ0v) is 38.3. The van der Waals surface area contributed by atoms with Crippen molar-refractivity contribution in [1.82, 2.24) is 29.7 Å². The Morgan fingerprint density at radius 2 is 1.59 bits per heavy atom. The summed E-state index contributed by atoms with van der Waals surface area (Å²) < 4.78 is 100. The van der Waals surface area contributed by atoms with Gasteiger partial charge in [0.15, 0.2) is 5.82 Å². The summed E-state index contributed by atoms with van der Waals surface area (Å²) in [5.74, 6) is 0.232. The number of ether oxygens (including phenoxy) is 4. The Balaban J connectivity index is 1.23. The molecule has 8 rings (SSSR count). The van der Waals surface area contributed by atoms with Gasteiger partial charge in [0, 0.05) is 64.0 Å². The Hall–Kier alpha value is -5.75. The smallest absolute Gasteiger partial charge is 0.420 e. The zero-order chi connectivity index (χ0) is 47.1. The van der Waals surface area contributed by atoms with E-state index in [-0.39, 0.29) is 73.8 Å². The minimum atomic E-state index is -5.09. The second-order valence-electron chi connectivity index (χ2n) is 18.1. The molecule has 0 saturated carbocycles. The molecule has 352 valence electrons. The van der Waals surface area contributed by atoms with Crippen LogP contribution in [0.3, 0.4) is 0 Å². The topological polar surface area (TPSA) is 119 Å². The van der Waals surface area contributed by atoms with Crippen LogP contribution in [-0.4, -0.2) is 113 Å². The molecular weight excluding hydrogens is 887 g/mol. The van der Waals surface area contributed by atoms with Gasteiger partial charge in [0.25, 0.3) is 0 Å². The molecule has 3 saturated heterocycles. The Bertz CT molecular complexity index is 2520. The molecule has 13 nitrogen and oxygen atoms in total. The van der Waals surface area contributed by atoms with E-state index in [4.69, 9.17) is 35.5 Å². The summed E-state index contributed by atoms with van der Waals surface area (Å²) in [6, 6.07) is 14.9. The summed E-state index contributed by atoms with van der Waals surface area (Å²) in [7, 11) is 4.80. The quantitative estimate of drug-likeness (QED) is 0.0827. The highest BCUT2D eigenvalue weighted by Gasteiger charge is 2.49. The molecule has 0 N–H and O–H groups in total. The van der Waals surface area contributed by atoms with E-state index in [9.17, 15) is 9.18 Å². The molecule has 3 aliphatic heterocycles.